The maximum Gasteiger partial charge on any atom is 0.162 e. The van der Waals surface area contributed by atoms with Crippen LogP contribution in [0.3, 0.4) is 0 Å². The lowest BCUT2D eigenvalue weighted by molar-refractivity contribution is 0.297. The summed E-state index contributed by atoms with van der Waals surface area (Å²) >= 11 is 8.11. The van der Waals surface area contributed by atoms with Gasteiger partial charge in [-0.15, -0.1) is 0 Å². The summed E-state index contributed by atoms with van der Waals surface area (Å²) in [5, 5.41) is 8.20. The van der Waals surface area contributed by atoms with Crippen LogP contribution in [-0.4, -0.2) is 20.3 Å². The normalized spacial score (nSPS) is 15.7. The van der Waals surface area contributed by atoms with Gasteiger partial charge in [0.05, 0.1) is 19.3 Å². The first-order valence-electron chi connectivity index (χ1n) is 6.58. The molecular weight excluding hydrogens is 294 g/mol. The van der Waals surface area contributed by atoms with Crippen molar-refractivity contribution in [2.45, 2.75) is 12.5 Å². The van der Waals surface area contributed by atoms with Gasteiger partial charge in [-0.1, -0.05) is 11.6 Å². The van der Waals surface area contributed by atoms with E-state index in [1.165, 1.54) is 5.56 Å². The Balaban J connectivity index is 2.02. The van der Waals surface area contributed by atoms with Gasteiger partial charge in [0, 0.05) is 17.5 Å². The molecule has 0 aliphatic carbocycles. The Hall–Kier alpha value is -1.23. The first-order chi connectivity index (χ1) is 9.79. The van der Waals surface area contributed by atoms with E-state index in [0.29, 0.717) is 18.2 Å². The van der Waals surface area contributed by atoms with Crippen LogP contribution in [0, 0.1) is 0 Å². The van der Waals surface area contributed by atoms with E-state index in [9.17, 15) is 0 Å². The van der Waals surface area contributed by atoms with Crippen LogP contribution in [0.4, 0.5) is 0 Å². The largest absolute Gasteiger partial charge is 0.490 e. The summed E-state index contributed by atoms with van der Waals surface area (Å²) in [4.78, 5) is 0. The lowest BCUT2D eigenvalue weighted by atomic mass is 10.0. The van der Waals surface area contributed by atoms with Gasteiger partial charge in [-0.25, -0.2) is 0 Å². The molecule has 1 aromatic carbocycles. The van der Waals surface area contributed by atoms with Gasteiger partial charge in [0.1, 0.15) is 0 Å². The number of nitrogens with one attached hydrogen (secondary N) is 1. The number of thiophene rings is 1. The fraction of sp³-hybridized carbons (Fsp3) is 0.333. The van der Waals surface area contributed by atoms with Crippen molar-refractivity contribution in [2.24, 2.45) is 0 Å². The highest BCUT2D eigenvalue weighted by Crippen LogP contribution is 2.39. The highest BCUT2D eigenvalue weighted by atomic mass is 35.5. The van der Waals surface area contributed by atoms with Crippen LogP contribution in [0.15, 0.2) is 29.0 Å². The molecule has 3 rings (SSSR count). The SMILES string of the molecule is CNC(c1ccsc1)c1cc2c(cc1Cl)OCCCO2. The smallest absolute Gasteiger partial charge is 0.162 e. The van der Waals surface area contributed by atoms with Crippen LogP contribution in [-0.2, 0) is 0 Å². The number of benzene rings is 1. The second-order valence-corrected chi connectivity index (χ2v) is 5.84. The number of fused-ring (bicyclic) bond motifs is 1. The summed E-state index contributed by atoms with van der Waals surface area (Å²) in [6, 6.07) is 6.01. The standard InChI is InChI=1S/C15H16ClNO2S/c1-17-15(10-3-6-20-9-10)11-7-13-14(8-12(11)16)19-5-2-4-18-13/h3,6-9,15,17H,2,4-5H2,1H3. The van der Waals surface area contributed by atoms with Gasteiger partial charge < -0.3 is 14.8 Å². The van der Waals surface area contributed by atoms with Crippen LogP contribution in [0.5, 0.6) is 11.5 Å². The molecule has 2 aromatic rings. The maximum atomic E-state index is 6.43. The molecule has 0 fully saturated rings. The van der Waals surface area contributed by atoms with Crippen molar-refractivity contribution in [1.29, 1.82) is 0 Å². The van der Waals surface area contributed by atoms with E-state index in [4.69, 9.17) is 21.1 Å². The van der Waals surface area contributed by atoms with Gasteiger partial charge in [-0.05, 0) is 41.1 Å². The van der Waals surface area contributed by atoms with Gasteiger partial charge >= 0.3 is 0 Å². The van der Waals surface area contributed by atoms with Crippen LogP contribution >= 0.6 is 22.9 Å². The Morgan fingerprint density at radius 1 is 1.25 bits per heavy atom. The molecule has 1 aliphatic rings. The number of ether oxygens (including phenoxy) is 2. The van der Waals surface area contributed by atoms with Crippen molar-refractivity contribution in [3.63, 3.8) is 0 Å². The summed E-state index contributed by atoms with van der Waals surface area (Å²) in [5.74, 6) is 1.51. The van der Waals surface area contributed by atoms with Gasteiger partial charge in [0.25, 0.3) is 0 Å². The summed E-state index contributed by atoms with van der Waals surface area (Å²) in [5.41, 5.74) is 2.21. The molecule has 1 unspecified atom stereocenters. The van der Waals surface area contributed by atoms with E-state index in [1.54, 1.807) is 11.3 Å². The Kier molecular flexibility index (Phi) is 4.15. The third-order valence-electron chi connectivity index (χ3n) is 3.34. The molecular formula is C15H16ClNO2S. The fourth-order valence-corrected chi connectivity index (χ4v) is 3.31. The van der Waals surface area contributed by atoms with E-state index < -0.39 is 0 Å². The average Bonchev–Trinajstić information content (AvgIpc) is 2.87. The summed E-state index contributed by atoms with van der Waals surface area (Å²) in [6.45, 7) is 1.35. The van der Waals surface area contributed by atoms with Crippen LogP contribution in [0.2, 0.25) is 5.02 Å². The molecule has 5 heteroatoms. The predicted octanol–water partition coefficient (Wildman–Crippen LogP) is 3.87. The molecule has 0 spiro atoms. The molecule has 0 bridgehead atoms. The molecule has 2 heterocycles. The minimum absolute atomic E-state index is 0.0610. The molecule has 20 heavy (non-hydrogen) atoms. The Morgan fingerprint density at radius 3 is 2.65 bits per heavy atom. The molecule has 1 N–H and O–H groups in total. The van der Waals surface area contributed by atoms with Crippen molar-refractivity contribution in [3.05, 3.63) is 45.1 Å². The van der Waals surface area contributed by atoms with Crippen molar-refractivity contribution >= 4 is 22.9 Å². The zero-order valence-corrected chi connectivity index (χ0v) is 12.8. The highest BCUT2D eigenvalue weighted by Gasteiger charge is 2.20. The van der Waals surface area contributed by atoms with Crippen molar-refractivity contribution in [1.82, 2.24) is 5.32 Å². The molecule has 1 aromatic heterocycles. The summed E-state index contributed by atoms with van der Waals surface area (Å²) in [6.07, 6.45) is 0.890. The molecule has 1 atom stereocenters. The third kappa shape index (κ3) is 2.64. The van der Waals surface area contributed by atoms with Gasteiger partial charge in [0.2, 0.25) is 0 Å². The van der Waals surface area contributed by atoms with Crippen LogP contribution < -0.4 is 14.8 Å². The first-order valence-corrected chi connectivity index (χ1v) is 7.90. The van der Waals surface area contributed by atoms with E-state index in [-0.39, 0.29) is 6.04 Å². The zero-order chi connectivity index (χ0) is 13.9. The lowest BCUT2D eigenvalue weighted by Crippen LogP contribution is -2.17. The van der Waals surface area contributed by atoms with Gasteiger partial charge in [-0.3, -0.25) is 0 Å². The fourth-order valence-electron chi connectivity index (χ4n) is 2.36. The summed E-state index contributed by atoms with van der Waals surface area (Å²) < 4.78 is 11.4. The van der Waals surface area contributed by atoms with Crippen LogP contribution in [0.1, 0.15) is 23.6 Å². The van der Waals surface area contributed by atoms with Crippen molar-refractivity contribution in [2.75, 3.05) is 20.3 Å². The Bertz CT molecular complexity index is 586. The minimum atomic E-state index is 0.0610. The van der Waals surface area contributed by atoms with E-state index in [1.807, 2.05) is 19.2 Å². The maximum absolute atomic E-state index is 6.43. The van der Waals surface area contributed by atoms with E-state index >= 15 is 0 Å². The Morgan fingerprint density at radius 2 is 2.00 bits per heavy atom. The van der Waals surface area contributed by atoms with Crippen LogP contribution in [0.25, 0.3) is 0 Å². The summed E-state index contributed by atoms with van der Waals surface area (Å²) in [7, 11) is 1.93. The highest BCUT2D eigenvalue weighted by molar-refractivity contribution is 7.08. The topological polar surface area (TPSA) is 30.5 Å². The van der Waals surface area contributed by atoms with E-state index in [0.717, 1.165) is 23.5 Å². The quantitative estimate of drug-likeness (QED) is 0.933. The number of rotatable bonds is 3. The van der Waals surface area contributed by atoms with Crippen molar-refractivity contribution < 1.29 is 9.47 Å². The monoisotopic (exact) mass is 309 g/mol. The molecule has 0 saturated carbocycles. The second-order valence-electron chi connectivity index (χ2n) is 4.65. The average molecular weight is 310 g/mol. The number of hydrogen-bond acceptors (Lipinski definition) is 4. The van der Waals surface area contributed by atoms with Gasteiger partial charge in [-0.2, -0.15) is 11.3 Å². The molecule has 3 nitrogen and oxygen atoms in total. The van der Waals surface area contributed by atoms with Crippen molar-refractivity contribution in [3.8, 4) is 11.5 Å². The molecule has 0 radical (unpaired) electrons. The lowest BCUT2D eigenvalue weighted by Gasteiger charge is -2.19. The first kappa shape index (κ1) is 13.7. The predicted molar refractivity (Wildman–Crippen MR) is 82.3 cm³/mol. The second kappa shape index (κ2) is 6.04. The van der Waals surface area contributed by atoms with E-state index in [2.05, 4.69) is 22.1 Å². The molecule has 0 amide bonds. The minimum Gasteiger partial charge on any atom is -0.490 e. The molecule has 1 aliphatic heterocycles. The number of halogens is 1. The zero-order valence-electron chi connectivity index (χ0n) is 11.2. The Labute approximate surface area is 127 Å². The number of hydrogen-bond donors (Lipinski definition) is 1. The van der Waals surface area contributed by atoms with Gasteiger partial charge in [0.15, 0.2) is 11.5 Å². The third-order valence-corrected chi connectivity index (χ3v) is 4.37. The molecule has 0 saturated heterocycles. The molecule has 106 valence electrons.